The van der Waals surface area contributed by atoms with Crippen LogP contribution in [0.25, 0.3) is 0 Å². The highest BCUT2D eigenvalue weighted by Gasteiger charge is 2.16. The minimum atomic E-state index is -0.460. The van der Waals surface area contributed by atoms with Crippen molar-refractivity contribution in [2.45, 2.75) is 46.1 Å². The number of carbonyl (C=O) groups excluding carboxylic acids is 1. The molecule has 0 bridgehead atoms. The standard InChI is InChI=1S/C15H21IN2O3/c1-10(2)5-4-6-11(3)17-15(19)13-8-7-12(18(20)21)9-14(13)16/h7-11H,4-6H2,1-3H3,(H,17,19). The van der Waals surface area contributed by atoms with Gasteiger partial charge in [0.05, 0.1) is 10.5 Å². The average Bonchev–Trinajstić information content (AvgIpc) is 2.37. The number of nitrogens with one attached hydrogen (secondary N) is 1. The summed E-state index contributed by atoms with van der Waals surface area (Å²) in [5.74, 6) is 0.495. The van der Waals surface area contributed by atoms with Crippen molar-refractivity contribution in [3.05, 3.63) is 37.4 Å². The SMILES string of the molecule is CC(C)CCCC(C)NC(=O)c1ccc([N+](=O)[O-])cc1I. The first-order chi connectivity index (χ1) is 9.81. The molecule has 1 unspecified atom stereocenters. The predicted octanol–water partition coefficient (Wildman–Crippen LogP) is 4.14. The fourth-order valence-electron chi connectivity index (χ4n) is 2.01. The Morgan fingerprint density at radius 3 is 2.52 bits per heavy atom. The lowest BCUT2D eigenvalue weighted by atomic mass is 10.0. The van der Waals surface area contributed by atoms with E-state index in [4.69, 9.17) is 0 Å². The fraction of sp³-hybridized carbons (Fsp3) is 0.533. The first kappa shape index (κ1) is 17.9. The van der Waals surface area contributed by atoms with E-state index in [-0.39, 0.29) is 17.6 Å². The highest BCUT2D eigenvalue weighted by molar-refractivity contribution is 14.1. The van der Waals surface area contributed by atoms with Crippen LogP contribution in [0.1, 0.15) is 50.4 Å². The Labute approximate surface area is 138 Å². The molecule has 1 N–H and O–H groups in total. The van der Waals surface area contributed by atoms with Gasteiger partial charge in [-0.15, -0.1) is 0 Å². The number of hydrogen-bond acceptors (Lipinski definition) is 3. The zero-order chi connectivity index (χ0) is 16.0. The molecule has 0 aliphatic carbocycles. The maximum absolute atomic E-state index is 12.2. The lowest BCUT2D eigenvalue weighted by Gasteiger charge is -2.15. The van der Waals surface area contributed by atoms with Gasteiger partial charge in [0, 0.05) is 21.7 Å². The summed E-state index contributed by atoms with van der Waals surface area (Å²) >= 11 is 1.95. The van der Waals surface area contributed by atoms with E-state index in [9.17, 15) is 14.9 Å². The molecule has 0 aliphatic heterocycles. The molecule has 0 aromatic heterocycles. The second kappa shape index (κ2) is 8.31. The van der Waals surface area contributed by atoms with Crippen LogP contribution in [0.3, 0.4) is 0 Å². The zero-order valence-electron chi connectivity index (χ0n) is 12.6. The van der Waals surface area contributed by atoms with Crippen molar-refractivity contribution in [1.82, 2.24) is 5.32 Å². The van der Waals surface area contributed by atoms with Crippen LogP contribution in [0, 0.1) is 19.6 Å². The quantitative estimate of drug-likeness (QED) is 0.422. The molecule has 1 aromatic carbocycles. The van der Waals surface area contributed by atoms with Crippen LogP contribution < -0.4 is 5.32 Å². The Hall–Kier alpha value is -1.18. The van der Waals surface area contributed by atoms with Gasteiger partial charge < -0.3 is 5.32 Å². The van der Waals surface area contributed by atoms with Gasteiger partial charge in [0.25, 0.3) is 11.6 Å². The molecule has 1 amide bonds. The van der Waals surface area contributed by atoms with E-state index in [1.165, 1.54) is 18.2 Å². The molecule has 0 saturated heterocycles. The van der Waals surface area contributed by atoms with Crippen molar-refractivity contribution in [2.75, 3.05) is 0 Å². The maximum atomic E-state index is 12.2. The van der Waals surface area contributed by atoms with Gasteiger partial charge in [-0.25, -0.2) is 0 Å². The molecule has 0 saturated carbocycles. The Kier molecular flexibility index (Phi) is 7.07. The number of nitro benzene ring substituents is 1. The minimum Gasteiger partial charge on any atom is -0.350 e. The van der Waals surface area contributed by atoms with E-state index < -0.39 is 4.92 Å². The molecular formula is C15H21IN2O3. The van der Waals surface area contributed by atoms with Crippen molar-refractivity contribution in [3.63, 3.8) is 0 Å². The topological polar surface area (TPSA) is 72.2 Å². The number of non-ortho nitro benzene ring substituents is 1. The number of hydrogen-bond donors (Lipinski definition) is 1. The smallest absolute Gasteiger partial charge is 0.270 e. The Bertz CT molecular complexity index is 518. The molecule has 1 aromatic rings. The lowest BCUT2D eigenvalue weighted by molar-refractivity contribution is -0.384. The van der Waals surface area contributed by atoms with Gasteiger partial charge in [-0.05, 0) is 47.9 Å². The van der Waals surface area contributed by atoms with Gasteiger partial charge >= 0.3 is 0 Å². The second-order valence-corrected chi connectivity index (χ2v) is 6.78. The van der Waals surface area contributed by atoms with Crippen LogP contribution in [0.15, 0.2) is 18.2 Å². The lowest BCUT2D eigenvalue weighted by Crippen LogP contribution is -2.33. The van der Waals surface area contributed by atoms with Crippen LogP contribution in [0.4, 0.5) is 5.69 Å². The average molecular weight is 404 g/mol. The Morgan fingerprint density at radius 2 is 2.00 bits per heavy atom. The van der Waals surface area contributed by atoms with Gasteiger partial charge in [-0.2, -0.15) is 0 Å². The summed E-state index contributed by atoms with van der Waals surface area (Å²) in [4.78, 5) is 22.4. The van der Waals surface area contributed by atoms with Gasteiger partial charge in [-0.3, -0.25) is 14.9 Å². The highest BCUT2D eigenvalue weighted by Crippen LogP contribution is 2.20. The molecule has 1 rings (SSSR count). The molecule has 1 atom stereocenters. The van der Waals surface area contributed by atoms with E-state index >= 15 is 0 Å². The summed E-state index contributed by atoms with van der Waals surface area (Å²) in [6.45, 7) is 6.35. The number of rotatable bonds is 7. The predicted molar refractivity (Wildman–Crippen MR) is 91.4 cm³/mol. The van der Waals surface area contributed by atoms with Gasteiger partial charge in [-0.1, -0.05) is 26.7 Å². The van der Waals surface area contributed by atoms with Crippen molar-refractivity contribution < 1.29 is 9.72 Å². The molecule has 21 heavy (non-hydrogen) atoms. The van der Waals surface area contributed by atoms with Crippen LogP contribution >= 0.6 is 22.6 Å². The van der Waals surface area contributed by atoms with Gasteiger partial charge in [0.2, 0.25) is 0 Å². The Morgan fingerprint density at radius 1 is 1.33 bits per heavy atom. The molecule has 0 radical (unpaired) electrons. The summed E-state index contributed by atoms with van der Waals surface area (Å²) in [7, 11) is 0. The van der Waals surface area contributed by atoms with Crippen molar-refractivity contribution in [3.8, 4) is 0 Å². The third-order valence-corrected chi connectivity index (χ3v) is 4.10. The van der Waals surface area contributed by atoms with Crippen molar-refractivity contribution in [2.24, 2.45) is 5.92 Å². The number of nitrogens with zero attached hydrogens (tertiary/aromatic N) is 1. The molecule has 0 spiro atoms. The van der Waals surface area contributed by atoms with E-state index in [0.29, 0.717) is 15.1 Å². The molecule has 6 heteroatoms. The number of halogens is 1. The third-order valence-electron chi connectivity index (χ3n) is 3.20. The van der Waals surface area contributed by atoms with Crippen LogP contribution in [0.2, 0.25) is 0 Å². The molecule has 0 fully saturated rings. The summed E-state index contributed by atoms with van der Waals surface area (Å²) < 4.78 is 0.591. The molecule has 5 nitrogen and oxygen atoms in total. The van der Waals surface area contributed by atoms with Gasteiger partial charge in [0.1, 0.15) is 0 Å². The fourth-order valence-corrected chi connectivity index (χ4v) is 2.75. The summed E-state index contributed by atoms with van der Waals surface area (Å²) in [6, 6.07) is 4.39. The number of benzene rings is 1. The second-order valence-electron chi connectivity index (χ2n) is 5.62. The molecule has 116 valence electrons. The van der Waals surface area contributed by atoms with Crippen molar-refractivity contribution in [1.29, 1.82) is 0 Å². The number of carbonyl (C=O) groups is 1. The van der Waals surface area contributed by atoms with E-state index in [1.807, 2.05) is 29.5 Å². The molecule has 0 heterocycles. The summed E-state index contributed by atoms with van der Waals surface area (Å²) in [6.07, 6.45) is 3.17. The van der Waals surface area contributed by atoms with Crippen LogP contribution in [-0.4, -0.2) is 16.9 Å². The maximum Gasteiger partial charge on any atom is 0.270 e. The minimum absolute atomic E-state index is 0.000863. The monoisotopic (exact) mass is 404 g/mol. The van der Waals surface area contributed by atoms with Crippen LogP contribution in [0.5, 0.6) is 0 Å². The summed E-state index contributed by atoms with van der Waals surface area (Å²) in [5, 5.41) is 13.6. The Balaban J connectivity index is 2.61. The summed E-state index contributed by atoms with van der Waals surface area (Å²) in [5.41, 5.74) is 0.484. The van der Waals surface area contributed by atoms with Crippen LogP contribution in [-0.2, 0) is 0 Å². The highest BCUT2D eigenvalue weighted by atomic mass is 127. The zero-order valence-corrected chi connectivity index (χ0v) is 14.7. The normalized spacial score (nSPS) is 12.2. The first-order valence-electron chi connectivity index (χ1n) is 7.06. The van der Waals surface area contributed by atoms with E-state index in [1.54, 1.807) is 0 Å². The molecular weight excluding hydrogens is 383 g/mol. The largest absolute Gasteiger partial charge is 0.350 e. The number of nitro groups is 1. The molecule has 0 aliphatic rings. The third kappa shape index (κ3) is 5.99. The first-order valence-corrected chi connectivity index (χ1v) is 8.14. The van der Waals surface area contributed by atoms with E-state index in [2.05, 4.69) is 19.2 Å². The van der Waals surface area contributed by atoms with Gasteiger partial charge in [0.15, 0.2) is 0 Å². The van der Waals surface area contributed by atoms with Crippen molar-refractivity contribution >= 4 is 34.2 Å². The number of amides is 1. The van der Waals surface area contributed by atoms with E-state index in [0.717, 1.165) is 19.3 Å².